The first-order valence-electron chi connectivity index (χ1n) is 7.88. The molecule has 1 saturated heterocycles. The molecular formula is C16H21N3O4. The summed E-state index contributed by atoms with van der Waals surface area (Å²) >= 11 is 0. The maximum atomic E-state index is 12.7. The summed E-state index contributed by atoms with van der Waals surface area (Å²) in [5.41, 5.74) is 6.47. The summed E-state index contributed by atoms with van der Waals surface area (Å²) in [6, 6.07) is 4.42. The van der Waals surface area contributed by atoms with E-state index in [1.165, 1.54) is 25.3 Å². The minimum atomic E-state index is -0.517. The normalized spacial score (nSPS) is 26.7. The van der Waals surface area contributed by atoms with E-state index in [-0.39, 0.29) is 23.4 Å². The topological polar surface area (TPSA) is 98.7 Å². The number of ether oxygens (including phenoxy) is 1. The van der Waals surface area contributed by atoms with Gasteiger partial charge in [0.2, 0.25) is 0 Å². The molecule has 1 aromatic rings. The number of carbonyl (C=O) groups is 1. The Labute approximate surface area is 134 Å². The van der Waals surface area contributed by atoms with Crippen molar-refractivity contribution in [3.63, 3.8) is 0 Å². The number of nitro groups is 1. The largest absolute Gasteiger partial charge is 0.490 e. The Bertz CT molecular complexity index is 634. The second-order valence-electron chi connectivity index (χ2n) is 6.37. The van der Waals surface area contributed by atoms with Crippen LogP contribution >= 0.6 is 0 Å². The van der Waals surface area contributed by atoms with Crippen molar-refractivity contribution in [1.29, 1.82) is 0 Å². The van der Waals surface area contributed by atoms with Gasteiger partial charge < -0.3 is 15.4 Å². The third-order valence-corrected chi connectivity index (χ3v) is 5.06. The summed E-state index contributed by atoms with van der Waals surface area (Å²) in [7, 11) is 1.36. The van der Waals surface area contributed by atoms with E-state index >= 15 is 0 Å². The lowest BCUT2D eigenvalue weighted by atomic mass is 9.78. The Morgan fingerprint density at radius 1 is 1.39 bits per heavy atom. The number of likely N-dealkylation sites (tertiary alicyclic amines) is 1. The highest BCUT2D eigenvalue weighted by Gasteiger charge is 2.40. The molecule has 7 heteroatoms. The average Bonchev–Trinajstić information content (AvgIpc) is 2.99. The summed E-state index contributed by atoms with van der Waals surface area (Å²) in [6.07, 6.45) is 3.26. The van der Waals surface area contributed by atoms with Crippen LogP contribution in [-0.4, -0.2) is 42.0 Å². The number of hydrogen-bond acceptors (Lipinski definition) is 5. The highest BCUT2D eigenvalue weighted by atomic mass is 16.6. The number of methoxy groups -OCH3 is 1. The van der Waals surface area contributed by atoms with Gasteiger partial charge in [-0.1, -0.05) is 6.42 Å². The number of amides is 1. The van der Waals surface area contributed by atoms with Crippen LogP contribution in [0.25, 0.3) is 0 Å². The Balaban J connectivity index is 1.80. The Morgan fingerprint density at radius 2 is 2.17 bits per heavy atom. The zero-order valence-corrected chi connectivity index (χ0v) is 13.1. The number of hydrogen-bond donors (Lipinski definition) is 1. The molecule has 1 amide bonds. The van der Waals surface area contributed by atoms with Gasteiger partial charge >= 0.3 is 5.69 Å². The van der Waals surface area contributed by atoms with E-state index in [9.17, 15) is 14.9 Å². The molecule has 0 spiro atoms. The number of nitro benzene ring substituents is 1. The van der Waals surface area contributed by atoms with Crippen LogP contribution in [0.1, 0.15) is 29.6 Å². The highest BCUT2D eigenvalue weighted by Crippen LogP contribution is 2.36. The molecule has 2 N–H and O–H groups in total. The molecule has 7 nitrogen and oxygen atoms in total. The van der Waals surface area contributed by atoms with E-state index in [2.05, 4.69) is 0 Å². The third-order valence-electron chi connectivity index (χ3n) is 5.06. The van der Waals surface area contributed by atoms with Crippen LogP contribution < -0.4 is 10.5 Å². The van der Waals surface area contributed by atoms with Crippen molar-refractivity contribution < 1.29 is 14.5 Å². The molecule has 0 bridgehead atoms. The molecule has 3 rings (SSSR count). The van der Waals surface area contributed by atoms with Crippen LogP contribution in [0.4, 0.5) is 5.69 Å². The SMILES string of the molecule is COc1cc(C(=O)N2CC3CCCC(N)C3C2)ccc1[N+](=O)[O-]. The monoisotopic (exact) mass is 319 g/mol. The number of nitrogens with two attached hydrogens (primary N) is 1. The second-order valence-corrected chi connectivity index (χ2v) is 6.37. The molecule has 2 fully saturated rings. The number of nitrogens with zero attached hydrogens (tertiary/aromatic N) is 2. The van der Waals surface area contributed by atoms with E-state index in [0.29, 0.717) is 23.9 Å². The molecule has 1 heterocycles. The summed E-state index contributed by atoms with van der Waals surface area (Å²) in [4.78, 5) is 25.0. The lowest BCUT2D eigenvalue weighted by Crippen LogP contribution is -2.38. The van der Waals surface area contributed by atoms with Crippen LogP contribution in [0.5, 0.6) is 5.75 Å². The molecule has 1 aromatic carbocycles. The van der Waals surface area contributed by atoms with E-state index in [4.69, 9.17) is 10.5 Å². The second kappa shape index (κ2) is 6.16. The van der Waals surface area contributed by atoms with Crippen LogP contribution in [0.2, 0.25) is 0 Å². The van der Waals surface area contributed by atoms with Crippen molar-refractivity contribution in [2.24, 2.45) is 17.6 Å². The Kier molecular flexibility index (Phi) is 4.21. The van der Waals surface area contributed by atoms with Crippen LogP contribution in [0.15, 0.2) is 18.2 Å². The zero-order valence-electron chi connectivity index (χ0n) is 13.1. The molecule has 124 valence electrons. The molecule has 1 aliphatic heterocycles. The lowest BCUT2D eigenvalue weighted by Gasteiger charge is -2.29. The van der Waals surface area contributed by atoms with Gasteiger partial charge in [0.15, 0.2) is 5.75 Å². The molecular weight excluding hydrogens is 298 g/mol. The predicted octanol–water partition coefficient (Wildman–Crippen LogP) is 1.80. The van der Waals surface area contributed by atoms with Gasteiger partial charge in [0.25, 0.3) is 5.91 Å². The molecule has 3 atom stereocenters. The fourth-order valence-corrected chi connectivity index (χ4v) is 3.83. The average molecular weight is 319 g/mol. The Hall–Kier alpha value is -2.15. The molecule has 3 unspecified atom stereocenters. The van der Waals surface area contributed by atoms with Crippen LogP contribution in [0, 0.1) is 22.0 Å². The van der Waals surface area contributed by atoms with Gasteiger partial charge in [0.1, 0.15) is 0 Å². The third kappa shape index (κ3) is 2.88. The Morgan fingerprint density at radius 3 is 2.83 bits per heavy atom. The summed E-state index contributed by atoms with van der Waals surface area (Å²) in [5.74, 6) is 0.837. The lowest BCUT2D eigenvalue weighted by molar-refractivity contribution is -0.385. The van der Waals surface area contributed by atoms with Crippen LogP contribution in [0.3, 0.4) is 0 Å². The maximum Gasteiger partial charge on any atom is 0.310 e. The highest BCUT2D eigenvalue weighted by molar-refractivity contribution is 5.95. The summed E-state index contributed by atoms with van der Waals surface area (Å²) < 4.78 is 5.04. The van der Waals surface area contributed by atoms with Crippen molar-refractivity contribution in [2.45, 2.75) is 25.3 Å². The number of benzene rings is 1. The van der Waals surface area contributed by atoms with Gasteiger partial charge in [-0.05, 0) is 30.7 Å². The molecule has 1 saturated carbocycles. The molecule has 23 heavy (non-hydrogen) atoms. The van der Waals surface area contributed by atoms with E-state index in [1.54, 1.807) is 0 Å². The van der Waals surface area contributed by atoms with Gasteiger partial charge in [0.05, 0.1) is 12.0 Å². The van der Waals surface area contributed by atoms with E-state index < -0.39 is 4.92 Å². The van der Waals surface area contributed by atoms with E-state index in [0.717, 1.165) is 25.8 Å². The van der Waals surface area contributed by atoms with Crippen molar-refractivity contribution in [3.8, 4) is 5.75 Å². The fourth-order valence-electron chi connectivity index (χ4n) is 3.83. The van der Waals surface area contributed by atoms with E-state index in [1.807, 2.05) is 4.90 Å². The summed E-state index contributed by atoms with van der Waals surface area (Å²) in [5, 5.41) is 10.9. The standard InChI is InChI=1S/C16H21N3O4/c1-23-15-7-10(5-6-14(15)19(21)22)16(20)18-8-11-3-2-4-13(17)12(11)9-18/h5-7,11-13H,2-4,8-9,17H2,1H3. The first-order chi connectivity index (χ1) is 11.0. The molecule has 1 aliphatic carbocycles. The van der Waals surface area contributed by atoms with Gasteiger partial charge in [-0.3, -0.25) is 14.9 Å². The van der Waals surface area contributed by atoms with Crippen LogP contribution in [-0.2, 0) is 0 Å². The van der Waals surface area contributed by atoms with Crippen molar-refractivity contribution in [3.05, 3.63) is 33.9 Å². The van der Waals surface area contributed by atoms with Gasteiger partial charge in [-0.25, -0.2) is 0 Å². The number of carbonyl (C=O) groups excluding carboxylic acids is 1. The molecule has 0 radical (unpaired) electrons. The molecule has 2 aliphatic rings. The summed E-state index contributed by atoms with van der Waals surface area (Å²) in [6.45, 7) is 1.39. The maximum absolute atomic E-state index is 12.7. The van der Waals surface area contributed by atoms with Crippen molar-refractivity contribution in [2.75, 3.05) is 20.2 Å². The van der Waals surface area contributed by atoms with Gasteiger partial charge in [-0.15, -0.1) is 0 Å². The van der Waals surface area contributed by atoms with Crippen molar-refractivity contribution >= 4 is 11.6 Å². The minimum Gasteiger partial charge on any atom is -0.490 e. The zero-order chi connectivity index (χ0) is 16.6. The first-order valence-corrected chi connectivity index (χ1v) is 7.88. The first kappa shape index (κ1) is 15.7. The van der Waals surface area contributed by atoms with Crippen molar-refractivity contribution in [1.82, 2.24) is 4.90 Å². The minimum absolute atomic E-state index is 0.106. The number of fused-ring (bicyclic) bond motifs is 1. The quantitative estimate of drug-likeness (QED) is 0.676. The number of rotatable bonds is 3. The van der Waals surface area contributed by atoms with Gasteiger partial charge in [0, 0.05) is 36.8 Å². The smallest absolute Gasteiger partial charge is 0.310 e. The van der Waals surface area contributed by atoms with Gasteiger partial charge in [-0.2, -0.15) is 0 Å². The molecule has 0 aromatic heterocycles. The fraction of sp³-hybridized carbons (Fsp3) is 0.562. The predicted molar refractivity (Wildman–Crippen MR) is 84.4 cm³/mol.